The van der Waals surface area contributed by atoms with E-state index >= 15 is 0 Å². The van der Waals surface area contributed by atoms with Crippen molar-refractivity contribution in [2.75, 3.05) is 0 Å². The molecule has 0 aromatic carbocycles. The monoisotopic (exact) mass is 193 g/mol. The number of nitrogens with zero attached hydrogens (tertiary/aromatic N) is 2. The van der Waals surface area contributed by atoms with Crippen LogP contribution in [0.15, 0.2) is 6.07 Å². The summed E-state index contributed by atoms with van der Waals surface area (Å²) >= 11 is 0. The van der Waals surface area contributed by atoms with Crippen LogP contribution in [0.25, 0.3) is 0 Å². The Kier molecular flexibility index (Phi) is 2.59. The second-order valence-electron chi connectivity index (χ2n) is 4.31. The first kappa shape index (κ1) is 9.71. The van der Waals surface area contributed by atoms with Crippen LogP contribution in [0.5, 0.6) is 0 Å². The van der Waals surface area contributed by atoms with E-state index in [4.69, 9.17) is 5.73 Å². The zero-order valence-electron chi connectivity index (χ0n) is 9.03. The molecule has 3 nitrogen and oxygen atoms in total. The highest BCUT2D eigenvalue weighted by Gasteiger charge is 2.28. The van der Waals surface area contributed by atoms with Gasteiger partial charge in [-0.15, -0.1) is 0 Å². The molecular formula is C11H19N3. The van der Waals surface area contributed by atoms with Gasteiger partial charge in [0.15, 0.2) is 0 Å². The predicted octanol–water partition coefficient (Wildman–Crippen LogP) is 1.26. The molecule has 0 saturated heterocycles. The molecule has 2 atom stereocenters. The van der Waals surface area contributed by atoms with E-state index in [0.717, 1.165) is 12.8 Å². The van der Waals surface area contributed by atoms with Crippen LogP contribution in [0, 0.1) is 5.92 Å². The average molecular weight is 193 g/mol. The summed E-state index contributed by atoms with van der Waals surface area (Å²) in [6.07, 6.45) is 4.60. The van der Waals surface area contributed by atoms with Gasteiger partial charge in [-0.25, -0.2) is 0 Å². The van der Waals surface area contributed by atoms with Crippen molar-refractivity contribution in [2.24, 2.45) is 18.7 Å². The average Bonchev–Trinajstić information content (AvgIpc) is 2.53. The van der Waals surface area contributed by atoms with Crippen molar-refractivity contribution < 1.29 is 0 Å². The van der Waals surface area contributed by atoms with Gasteiger partial charge in [0.05, 0.1) is 5.69 Å². The number of hydrogen-bond acceptors (Lipinski definition) is 2. The standard InChI is InChI=1S/C11H19N3/c1-3-9-7-10(14(2)13-9)6-8-4-5-11(8)12/h7-8,11H,3-6,12H2,1-2H3. The number of aromatic nitrogens is 2. The highest BCUT2D eigenvalue weighted by molar-refractivity contribution is 5.12. The van der Waals surface area contributed by atoms with Gasteiger partial charge in [-0.1, -0.05) is 6.92 Å². The van der Waals surface area contributed by atoms with Gasteiger partial charge < -0.3 is 5.73 Å². The van der Waals surface area contributed by atoms with Crippen LogP contribution in [-0.2, 0) is 19.9 Å². The van der Waals surface area contributed by atoms with E-state index in [-0.39, 0.29) is 0 Å². The molecule has 14 heavy (non-hydrogen) atoms. The number of nitrogens with two attached hydrogens (primary N) is 1. The number of aryl methyl sites for hydroxylation is 2. The topological polar surface area (TPSA) is 43.8 Å². The molecule has 1 fully saturated rings. The molecule has 1 aliphatic rings. The van der Waals surface area contributed by atoms with Crippen molar-refractivity contribution in [3.63, 3.8) is 0 Å². The molecule has 2 N–H and O–H groups in total. The normalized spacial score (nSPS) is 26.2. The smallest absolute Gasteiger partial charge is 0.0624 e. The van der Waals surface area contributed by atoms with Crippen LogP contribution >= 0.6 is 0 Å². The molecule has 1 saturated carbocycles. The van der Waals surface area contributed by atoms with Crippen LogP contribution in [0.4, 0.5) is 0 Å². The van der Waals surface area contributed by atoms with E-state index in [0.29, 0.717) is 12.0 Å². The van der Waals surface area contributed by atoms with Gasteiger partial charge in [-0.2, -0.15) is 5.10 Å². The molecule has 0 amide bonds. The summed E-state index contributed by atoms with van der Waals surface area (Å²) in [5.41, 5.74) is 8.46. The van der Waals surface area contributed by atoms with E-state index in [1.165, 1.54) is 24.2 Å². The first-order valence-electron chi connectivity index (χ1n) is 5.48. The molecular weight excluding hydrogens is 174 g/mol. The summed E-state index contributed by atoms with van der Waals surface area (Å²) in [6.45, 7) is 2.14. The molecule has 2 rings (SSSR count). The predicted molar refractivity (Wildman–Crippen MR) is 57.0 cm³/mol. The lowest BCUT2D eigenvalue weighted by Crippen LogP contribution is -2.40. The molecule has 2 unspecified atom stereocenters. The molecule has 1 aliphatic carbocycles. The minimum Gasteiger partial charge on any atom is -0.327 e. The Morgan fingerprint density at radius 3 is 2.79 bits per heavy atom. The fraction of sp³-hybridized carbons (Fsp3) is 0.727. The van der Waals surface area contributed by atoms with E-state index in [9.17, 15) is 0 Å². The van der Waals surface area contributed by atoms with Gasteiger partial charge in [0.2, 0.25) is 0 Å². The quantitative estimate of drug-likeness (QED) is 0.785. The Morgan fingerprint density at radius 1 is 1.57 bits per heavy atom. The maximum Gasteiger partial charge on any atom is 0.0624 e. The Morgan fingerprint density at radius 2 is 2.36 bits per heavy atom. The van der Waals surface area contributed by atoms with Crippen molar-refractivity contribution in [3.8, 4) is 0 Å². The highest BCUT2D eigenvalue weighted by Crippen LogP contribution is 2.28. The van der Waals surface area contributed by atoms with Crippen LogP contribution in [0.2, 0.25) is 0 Å². The van der Waals surface area contributed by atoms with Crippen molar-refractivity contribution in [1.82, 2.24) is 9.78 Å². The summed E-state index contributed by atoms with van der Waals surface area (Å²) < 4.78 is 2.00. The number of hydrogen-bond donors (Lipinski definition) is 1. The number of rotatable bonds is 3. The Labute approximate surface area is 85.3 Å². The molecule has 1 heterocycles. The van der Waals surface area contributed by atoms with E-state index in [1.807, 2.05) is 11.7 Å². The molecule has 3 heteroatoms. The van der Waals surface area contributed by atoms with Gasteiger partial charge in [0.25, 0.3) is 0 Å². The van der Waals surface area contributed by atoms with Gasteiger partial charge >= 0.3 is 0 Å². The first-order valence-corrected chi connectivity index (χ1v) is 5.48. The summed E-state index contributed by atoms with van der Waals surface area (Å²) in [7, 11) is 2.03. The zero-order chi connectivity index (χ0) is 10.1. The molecule has 0 bridgehead atoms. The van der Waals surface area contributed by atoms with E-state index < -0.39 is 0 Å². The second kappa shape index (κ2) is 3.73. The summed E-state index contributed by atoms with van der Waals surface area (Å²) in [5, 5.41) is 4.44. The summed E-state index contributed by atoms with van der Waals surface area (Å²) in [6, 6.07) is 2.64. The van der Waals surface area contributed by atoms with Gasteiger partial charge in [0.1, 0.15) is 0 Å². The fourth-order valence-corrected chi connectivity index (χ4v) is 2.05. The van der Waals surface area contributed by atoms with Crippen LogP contribution in [-0.4, -0.2) is 15.8 Å². The minimum absolute atomic E-state index is 0.426. The van der Waals surface area contributed by atoms with E-state index in [2.05, 4.69) is 18.1 Å². The lowest BCUT2D eigenvalue weighted by molar-refractivity contribution is 0.252. The van der Waals surface area contributed by atoms with Crippen LogP contribution in [0.3, 0.4) is 0 Å². The molecule has 0 radical (unpaired) electrons. The third-order valence-electron chi connectivity index (χ3n) is 3.34. The van der Waals surface area contributed by atoms with Gasteiger partial charge in [-0.05, 0) is 37.7 Å². The van der Waals surface area contributed by atoms with Crippen molar-refractivity contribution in [1.29, 1.82) is 0 Å². The van der Waals surface area contributed by atoms with E-state index in [1.54, 1.807) is 0 Å². The summed E-state index contributed by atoms with van der Waals surface area (Å²) in [4.78, 5) is 0. The van der Waals surface area contributed by atoms with Gasteiger partial charge in [0, 0.05) is 18.8 Å². The summed E-state index contributed by atoms with van der Waals surface area (Å²) in [5.74, 6) is 0.690. The molecule has 78 valence electrons. The molecule has 1 aromatic heterocycles. The second-order valence-corrected chi connectivity index (χ2v) is 4.31. The van der Waals surface area contributed by atoms with Crippen molar-refractivity contribution >= 4 is 0 Å². The third kappa shape index (κ3) is 1.69. The Hall–Kier alpha value is -0.830. The minimum atomic E-state index is 0.426. The SMILES string of the molecule is CCc1cc(CC2CCC2N)n(C)n1. The first-order chi connectivity index (χ1) is 6.70. The Balaban J connectivity index is 2.04. The lowest BCUT2D eigenvalue weighted by atomic mass is 9.77. The molecule has 0 spiro atoms. The molecule has 1 aromatic rings. The van der Waals surface area contributed by atoms with Crippen molar-refractivity contribution in [2.45, 2.75) is 38.6 Å². The maximum atomic E-state index is 5.93. The van der Waals surface area contributed by atoms with Crippen molar-refractivity contribution in [3.05, 3.63) is 17.5 Å². The zero-order valence-corrected chi connectivity index (χ0v) is 9.03. The molecule has 0 aliphatic heterocycles. The van der Waals surface area contributed by atoms with Crippen LogP contribution in [0.1, 0.15) is 31.2 Å². The highest BCUT2D eigenvalue weighted by atomic mass is 15.3. The third-order valence-corrected chi connectivity index (χ3v) is 3.34. The lowest BCUT2D eigenvalue weighted by Gasteiger charge is -2.33. The Bertz CT molecular complexity index is 316. The van der Waals surface area contributed by atoms with Crippen LogP contribution < -0.4 is 5.73 Å². The van der Waals surface area contributed by atoms with Gasteiger partial charge in [-0.3, -0.25) is 4.68 Å². The largest absolute Gasteiger partial charge is 0.327 e. The fourth-order valence-electron chi connectivity index (χ4n) is 2.05. The maximum absolute atomic E-state index is 5.93.